The van der Waals surface area contributed by atoms with Gasteiger partial charge in [-0.2, -0.15) is 9.61 Å². The van der Waals surface area contributed by atoms with Crippen molar-refractivity contribution in [3.8, 4) is 11.4 Å². The van der Waals surface area contributed by atoms with Crippen LogP contribution in [0.15, 0.2) is 24.5 Å². The molecule has 0 saturated carbocycles. The van der Waals surface area contributed by atoms with Crippen molar-refractivity contribution in [1.29, 1.82) is 0 Å². The summed E-state index contributed by atoms with van der Waals surface area (Å²) in [6, 6.07) is 3.88. The minimum atomic E-state index is 0.0931. The smallest absolute Gasteiger partial charge is 0.234 e. The number of nitrogens with zero attached hydrogens (tertiary/aromatic N) is 5. The summed E-state index contributed by atoms with van der Waals surface area (Å²) >= 11 is 1.64. The Morgan fingerprint density at radius 2 is 2.33 bits per heavy atom. The molecule has 0 spiro atoms. The number of nitrogens with one attached hydrogen (secondary N) is 1. The lowest BCUT2D eigenvalue weighted by Gasteiger charge is -2.31. The quantitative estimate of drug-likeness (QED) is 0.783. The van der Waals surface area contributed by atoms with Gasteiger partial charge in [0.15, 0.2) is 5.82 Å². The van der Waals surface area contributed by atoms with Crippen LogP contribution in [0.1, 0.15) is 24.8 Å². The molecule has 0 aliphatic carbocycles. The highest BCUT2D eigenvalue weighted by Crippen LogP contribution is 2.34. The number of aromatic nitrogens is 5. The van der Waals surface area contributed by atoms with Gasteiger partial charge in [0.2, 0.25) is 4.96 Å². The molecular weight excluding hydrogens is 284 g/mol. The molecule has 4 rings (SSSR count). The maximum absolute atomic E-state index is 4.79. The lowest BCUT2D eigenvalue weighted by atomic mass is 9.83. The monoisotopic (exact) mass is 300 g/mol. The van der Waals surface area contributed by atoms with Gasteiger partial charge in [-0.25, -0.2) is 0 Å². The van der Waals surface area contributed by atoms with E-state index in [0.29, 0.717) is 0 Å². The third kappa shape index (κ3) is 2.13. The first-order chi connectivity index (χ1) is 10.3. The molecule has 108 valence electrons. The van der Waals surface area contributed by atoms with Crippen molar-refractivity contribution in [3.63, 3.8) is 0 Å². The van der Waals surface area contributed by atoms with Gasteiger partial charge in [0.25, 0.3) is 0 Å². The van der Waals surface area contributed by atoms with Gasteiger partial charge in [0, 0.05) is 29.9 Å². The molecule has 4 heterocycles. The minimum absolute atomic E-state index is 0.0931. The van der Waals surface area contributed by atoms with Gasteiger partial charge in [0.05, 0.1) is 0 Å². The summed E-state index contributed by atoms with van der Waals surface area (Å²) in [7, 11) is 0. The van der Waals surface area contributed by atoms with Gasteiger partial charge in [0.1, 0.15) is 5.01 Å². The summed E-state index contributed by atoms with van der Waals surface area (Å²) in [5.74, 6) is 0.757. The van der Waals surface area contributed by atoms with Crippen LogP contribution >= 0.6 is 11.3 Å². The molecular formula is C14H16N6S. The Bertz CT molecular complexity index is 756. The first-order valence-electron chi connectivity index (χ1n) is 7.10. The maximum atomic E-state index is 4.79. The van der Waals surface area contributed by atoms with Gasteiger partial charge in [-0.05, 0) is 31.5 Å². The number of hydrogen-bond donors (Lipinski definition) is 1. The molecule has 1 N–H and O–H groups in total. The lowest BCUT2D eigenvalue weighted by Crippen LogP contribution is -2.41. The van der Waals surface area contributed by atoms with Crippen molar-refractivity contribution in [3.05, 3.63) is 29.5 Å². The van der Waals surface area contributed by atoms with E-state index in [0.717, 1.165) is 40.9 Å². The van der Waals surface area contributed by atoms with E-state index in [9.17, 15) is 0 Å². The average molecular weight is 300 g/mol. The third-order valence-corrected chi connectivity index (χ3v) is 5.23. The van der Waals surface area contributed by atoms with Crippen molar-refractivity contribution < 1.29 is 0 Å². The molecule has 0 bridgehead atoms. The molecule has 1 aliphatic heterocycles. The van der Waals surface area contributed by atoms with E-state index in [1.165, 1.54) is 6.42 Å². The molecule has 0 aromatic carbocycles. The van der Waals surface area contributed by atoms with Crippen LogP contribution in [0, 0.1) is 0 Å². The molecule has 1 saturated heterocycles. The largest absolute Gasteiger partial charge is 0.316 e. The average Bonchev–Trinajstić information content (AvgIpc) is 3.09. The fraction of sp³-hybridized carbons (Fsp3) is 0.429. The number of rotatable bonds is 2. The van der Waals surface area contributed by atoms with E-state index in [1.807, 2.05) is 16.6 Å². The van der Waals surface area contributed by atoms with Crippen LogP contribution in [0.3, 0.4) is 0 Å². The zero-order valence-electron chi connectivity index (χ0n) is 11.8. The fourth-order valence-corrected chi connectivity index (χ4v) is 3.79. The predicted octanol–water partition coefficient (Wildman–Crippen LogP) is 1.89. The summed E-state index contributed by atoms with van der Waals surface area (Å²) in [6.45, 7) is 4.34. The van der Waals surface area contributed by atoms with E-state index in [-0.39, 0.29) is 5.41 Å². The summed E-state index contributed by atoms with van der Waals surface area (Å²) < 4.78 is 1.84. The fourth-order valence-electron chi connectivity index (χ4n) is 2.77. The summed E-state index contributed by atoms with van der Waals surface area (Å²) in [4.78, 5) is 4.99. The zero-order chi connectivity index (χ0) is 14.3. The summed E-state index contributed by atoms with van der Waals surface area (Å²) in [5, 5.41) is 17.9. The first kappa shape index (κ1) is 12.8. The van der Waals surface area contributed by atoms with Gasteiger partial charge < -0.3 is 5.32 Å². The van der Waals surface area contributed by atoms with Crippen molar-refractivity contribution in [1.82, 2.24) is 30.1 Å². The van der Waals surface area contributed by atoms with Crippen LogP contribution in [0.4, 0.5) is 0 Å². The second kappa shape index (κ2) is 4.85. The van der Waals surface area contributed by atoms with Crippen molar-refractivity contribution in [2.24, 2.45) is 0 Å². The van der Waals surface area contributed by atoms with Crippen molar-refractivity contribution in [2.75, 3.05) is 13.1 Å². The van der Waals surface area contributed by atoms with E-state index in [1.54, 1.807) is 23.7 Å². The standard InChI is InChI=1S/C14H16N6S/c1-14(5-3-7-16-9-14)12-19-20-11(17-18-13(20)21-12)10-4-2-6-15-8-10/h2,4,6,8,16H,3,5,7,9H2,1H3. The minimum Gasteiger partial charge on any atom is -0.316 e. The van der Waals surface area contributed by atoms with Gasteiger partial charge in [-0.1, -0.05) is 18.3 Å². The Hall–Kier alpha value is -1.86. The van der Waals surface area contributed by atoms with Crippen LogP contribution in [-0.2, 0) is 5.41 Å². The molecule has 3 aromatic heterocycles. The summed E-state index contributed by atoms with van der Waals surface area (Å²) in [5.41, 5.74) is 1.03. The predicted molar refractivity (Wildman–Crippen MR) is 81.3 cm³/mol. The SMILES string of the molecule is CC1(c2nn3c(-c4cccnc4)nnc3s2)CCCNC1. The highest BCUT2D eigenvalue weighted by atomic mass is 32.1. The Morgan fingerprint density at radius 3 is 3.10 bits per heavy atom. The van der Waals surface area contributed by atoms with Crippen LogP contribution < -0.4 is 5.32 Å². The second-order valence-corrected chi connectivity index (χ2v) is 6.66. The number of piperidine rings is 1. The Balaban J connectivity index is 1.79. The normalized spacial score (nSPS) is 22.7. The highest BCUT2D eigenvalue weighted by Gasteiger charge is 2.33. The molecule has 0 radical (unpaired) electrons. The van der Waals surface area contributed by atoms with Crippen molar-refractivity contribution >= 4 is 16.3 Å². The second-order valence-electron chi connectivity index (χ2n) is 5.71. The van der Waals surface area contributed by atoms with Crippen LogP contribution in [-0.4, -0.2) is 37.9 Å². The Morgan fingerprint density at radius 1 is 1.38 bits per heavy atom. The first-order valence-corrected chi connectivity index (χ1v) is 7.92. The number of hydrogen-bond acceptors (Lipinski definition) is 6. The number of pyridine rings is 1. The zero-order valence-corrected chi connectivity index (χ0v) is 12.6. The topological polar surface area (TPSA) is 68.0 Å². The van der Waals surface area contributed by atoms with E-state index in [2.05, 4.69) is 27.4 Å². The molecule has 1 fully saturated rings. The van der Waals surface area contributed by atoms with E-state index in [4.69, 9.17) is 5.10 Å². The molecule has 21 heavy (non-hydrogen) atoms. The summed E-state index contributed by atoms with van der Waals surface area (Å²) in [6.07, 6.45) is 5.89. The molecule has 3 aromatic rings. The van der Waals surface area contributed by atoms with Crippen LogP contribution in [0.25, 0.3) is 16.3 Å². The van der Waals surface area contributed by atoms with E-state index < -0.39 is 0 Å². The lowest BCUT2D eigenvalue weighted by molar-refractivity contribution is 0.336. The van der Waals surface area contributed by atoms with Crippen LogP contribution in [0.5, 0.6) is 0 Å². The number of fused-ring (bicyclic) bond motifs is 1. The Kier molecular flexibility index (Phi) is 2.97. The van der Waals surface area contributed by atoms with Gasteiger partial charge >= 0.3 is 0 Å². The molecule has 7 heteroatoms. The van der Waals surface area contributed by atoms with Crippen LogP contribution in [0.2, 0.25) is 0 Å². The highest BCUT2D eigenvalue weighted by molar-refractivity contribution is 7.16. The molecule has 1 atom stereocenters. The van der Waals surface area contributed by atoms with Crippen molar-refractivity contribution in [2.45, 2.75) is 25.2 Å². The van der Waals surface area contributed by atoms with E-state index >= 15 is 0 Å². The van der Waals surface area contributed by atoms with Gasteiger partial charge in [-0.3, -0.25) is 4.98 Å². The van der Waals surface area contributed by atoms with Gasteiger partial charge in [-0.15, -0.1) is 10.2 Å². The molecule has 0 amide bonds. The Labute approximate surface area is 126 Å². The molecule has 1 unspecified atom stereocenters. The maximum Gasteiger partial charge on any atom is 0.234 e. The molecule has 6 nitrogen and oxygen atoms in total. The molecule has 1 aliphatic rings. The third-order valence-electron chi connectivity index (χ3n) is 4.02.